The third-order valence-electron chi connectivity index (χ3n) is 4.01. The number of thiazole rings is 1. The molecule has 3 aromatic rings. The molecule has 2 heterocycles. The zero-order chi connectivity index (χ0) is 21.7. The smallest absolute Gasteiger partial charge is 0.406 e. The molecule has 2 amide bonds. The van der Waals surface area contributed by atoms with Crippen molar-refractivity contribution in [3.05, 3.63) is 59.7 Å². The number of hydrogen-bond donors (Lipinski definition) is 1. The molecular weight excluding hydrogens is 417 g/mol. The lowest BCUT2D eigenvalue weighted by Crippen LogP contribution is -2.39. The maximum Gasteiger partial charge on any atom is 0.573 e. The Labute approximate surface area is 175 Å². The Kier molecular flexibility index (Phi) is 6.56. The molecule has 0 bridgehead atoms. The molecule has 1 N–H and O–H groups in total. The highest BCUT2D eigenvalue weighted by atomic mass is 32.1. The minimum absolute atomic E-state index is 0.136. The molecule has 3 rings (SSSR count). The number of urea groups is 1. The first-order valence-corrected chi connectivity index (χ1v) is 9.88. The summed E-state index contributed by atoms with van der Waals surface area (Å²) in [6, 6.07) is 9.98. The van der Waals surface area contributed by atoms with Gasteiger partial charge in [0.05, 0.1) is 17.9 Å². The lowest BCUT2D eigenvalue weighted by atomic mass is 10.2. The lowest BCUT2D eigenvalue weighted by Gasteiger charge is -2.27. The number of alkyl halides is 3. The molecule has 0 saturated heterocycles. The van der Waals surface area contributed by atoms with Crippen LogP contribution in [0, 0.1) is 0 Å². The number of pyridine rings is 1. The van der Waals surface area contributed by atoms with Crippen LogP contribution in [0.4, 0.5) is 23.7 Å². The number of nitrogens with zero attached hydrogens (tertiary/aromatic N) is 3. The van der Waals surface area contributed by atoms with E-state index in [0.717, 1.165) is 22.8 Å². The second-order valence-corrected chi connectivity index (χ2v) is 7.47. The summed E-state index contributed by atoms with van der Waals surface area (Å²) in [5, 5.41) is 5.34. The summed E-state index contributed by atoms with van der Waals surface area (Å²) in [6.45, 7) is 3.99. The van der Waals surface area contributed by atoms with Crippen molar-refractivity contribution in [1.29, 1.82) is 0 Å². The summed E-state index contributed by atoms with van der Waals surface area (Å²) in [4.78, 5) is 23.1. The van der Waals surface area contributed by atoms with Crippen molar-refractivity contribution in [3.63, 3.8) is 0 Å². The van der Waals surface area contributed by atoms with Gasteiger partial charge >= 0.3 is 12.4 Å². The van der Waals surface area contributed by atoms with Gasteiger partial charge in [-0.1, -0.05) is 6.07 Å². The SMILES string of the molecule is CC(C)N(Cc1cccc(-c2nccs2)n1)C(=O)Nc1ccc(OC(F)(F)F)cc1. The number of rotatable bonds is 6. The predicted octanol–water partition coefficient (Wildman–Crippen LogP) is 5.55. The highest BCUT2D eigenvalue weighted by Gasteiger charge is 2.31. The monoisotopic (exact) mass is 436 g/mol. The molecule has 0 radical (unpaired) electrons. The summed E-state index contributed by atoms with van der Waals surface area (Å²) in [5.74, 6) is -0.357. The fraction of sp³-hybridized carbons (Fsp3) is 0.250. The van der Waals surface area contributed by atoms with Crippen molar-refractivity contribution in [2.24, 2.45) is 0 Å². The normalized spacial score (nSPS) is 11.4. The molecule has 0 fully saturated rings. The Morgan fingerprint density at radius 3 is 2.53 bits per heavy atom. The van der Waals surface area contributed by atoms with Gasteiger partial charge in [0.15, 0.2) is 0 Å². The number of aromatic nitrogens is 2. The van der Waals surface area contributed by atoms with Gasteiger partial charge < -0.3 is 15.0 Å². The summed E-state index contributed by atoms with van der Waals surface area (Å²) >= 11 is 1.48. The molecule has 0 saturated carbocycles. The molecule has 2 aromatic heterocycles. The number of ether oxygens (including phenoxy) is 1. The Balaban J connectivity index is 1.69. The van der Waals surface area contributed by atoms with E-state index in [4.69, 9.17) is 0 Å². The first-order valence-electron chi connectivity index (χ1n) is 9.00. The van der Waals surface area contributed by atoms with Crippen molar-refractivity contribution in [3.8, 4) is 16.5 Å². The molecule has 0 unspecified atom stereocenters. The maximum absolute atomic E-state index is 12.8. The van der Waals surface area contributed by atoms with E-state index in [1.807, 2.05) is 37.4 Å². The van der Waals surface area contributed by atoms with Gasteiger partial charge in [0.25, 0.3) is 0 Å². The van der Waals surface area contributed by atoms with Gasteiger partial charge in [0.1, 0.15) is 10.8 Å². The van der Waals surface area contributed by atoms with E-state index in [0.29, 0.717) is 11.4 Å². The quantitative estimate of drug-likeness (QED) is 0.550. The van der Waals surface area contributed by atoms with E-state index in [-0.39, 0.29) is 18.3 Å². The average Bonchev–Trinajstić information content (AvgIpc) is 3.21. The number of benzene rings is 1. The van der Waals surface area contributed by atoms with Crippen LogP contribution in [0.1, 0.15) is 19.5 Å². The number of amides is 2. The van der Waals surface area contributed by atoms with Crippen LogP contribution in [0.15, 0.2) is 54.0 Å². The van der Waals surface area contributed by atoms with Gasteiger partial charge in [-0.3, -0.25) is 0 Å². The molecule has 0 aliphatic rings. The molecule has 1 aromatic carbocycles. The van der Waals surface area contributed by atoms with E-state index in [9.17, 15) is 18.0 Å². The molecule has 10 heteroatoms. The van der Waals surface area contributed by atoms with E-state index >= 15 is 0 Å². The van der Waals surface area contributed by atoms with Crippen LogP contribution in [0.25, 0.3) is 10.7 Å². The third-order valence-corrected chi connectivity index (χ3v) is 4.81. The summed E-state index contributed by atoms with van der Waals surface area (Å²) < 4.78 is 40.6. The van der Waals surface area contributed by atoms with Crippen LogP contribution >= 0.6 is 11.3 Å². The number of halogens is 3. The van der Waals surface area contributed by atoms with Crippen molar-refractivity contribution < 1.29 is 22.7 Å². The van der Waals surface area contributed by atoms with E-state index < -0.39 is 12.4 Å². The van der Waals surface area contributed by atoms with Gasteiger partial charge in [-0.05, 0) is 50.2 Å². The van der Waals surface area contributed by atoms with Crippen molar-refractivity contribution in [2.75, 3.05) is 5.32 Å². The number of carbonyl (C=O) groups is 1. The van der Waals surface area contributed by atoms with Gasteiger partial charge in [-0.2, -0.15) is 0 Å². The average molecular weight is 436 g/mol. The second-order valence-electron chi connectivity index (χ2n) is 6.58. The molecule has 158 valence electrons. The zero-order valence-electron chi connectivity index (χ0n) is 16.2. The fourth-order valence-corrected chi connectivity index (χ4v) is 3.24. The zero-order valence-corrected chi connectivity index (χ0v) is 17.0. The third kappa shape index (κ3) is 5.93. The number of anilines is 1. The lowest BCUT2D eigenvalue weighted by molar-refractivity contribution is -0.274. The maximum atomic E-state index is 12.8. The van der Waals surface area contributed by atoms with Crippen LogP contribution in [0.2, 0.25) is 0 Å². The van der Waals surface area contributed by atoms with Crippen LogP contribution in [-0.4, -0.2) is 33.3 Å². The number of hydrogen-bond acceptors (Lipinski definition) is 5. The van der Waals surface area contributed by atoms with Crippen LogP contribution in [0.3, 0.4) is 0 Å². The molecule has 30 heavy (non-hydrogen) atoms. The second kappa shape index (κ2) is 9.12. The van der Waals surface area contributed by atoms with Crippen LogP contribution in [-0.2, 0) is 6.54 Å². The highest BCUT2D eigenvalue weighted by Crippen LogP contribution is 2.24. The Morgan fingerprint density at radius 2 is 1.93 bits per heavy atom. The Bertz CT molecular complexity index is 976. The summed E-state index contributed by atoms with van der Waals surface area (Å²) in [7, 11) is 0. The Morgan fingerprint density at radius 1 is 1.20 bits per heavy atom. The molecule has 0 atom stereocenters. The van der Waals surface area contributed by atoms with Gasteiger partial charge in [-0.15, -0.1) is 24.5 Å². The molecule has 0 spiro atoms. The van der Waals surface area contributed by atoms with Gasteiger partial charge in [-0.25, -0.2) is 14.8 Å². The minimum atomic E-state index is -4.76. The largest absolute Gasteiger partial charge is 0.573 e. The summed E-state index contributed by atoms with van der Waals surface area (Å²) in [5.41, 5.74) is 1.78. The Hall–Kier alpha value is -3.14. The minimum Gasteiger partial charge on any atom is -0.406 e. The first kappa shape index (κ1) is 21.6. The fourth-order valence-electron chi connectivity index (χ4n) is 2.64. The molecular formula is C20H19F3N4O2S. The van der Waals surface area contributed by atoms with E-state index in [1.54, 1.807) is 11.1 Å². The van der Waals surface area contributed by atoms with Crippen molar-refractivity contribution >= 4 is 23.1 Å². The van der Waals surface area contributed by atoms with Crippen molar-refractivity contribution in [1.82, 2.24) is 14.9 Å². The van der Waals surface area contributed by atoms with Gasteiger partial charge in [0.2, 0.25) is 0 Å². The predicted molar refractivity (Wildman–Crippen MR) is 108 cm³/mol. The summed E-state index contributed by atoms with van der Waals surface area (Å²) in [6.07, 6.45) is -3.06. The van der Waals surface area contributed by atoms with Gasteiger partial charge in [0, 0.05) is 23.3 Å². The van der Waals surface area contributed by atoms with Crippen LogP contribution in [0.5, 0.6) is 5.75 Å². The van der Waals surface area contributed by atoms with Crippen molar-refractivity contribution in [2.45, 2.75) is 32.8 Å². The van der Waals surface area contributed by atoms with Crippen LogP contribution < -0.4 is 10.1 Å². The molecule has 0 aliphatic carbocycles. The van der Waals surface area contributed by atoms with E-state index in [2.05, 4.69) is 20.0 Å². The standard InChI is InChI=1S/C20H19F3N4O2S/c1-13(2)27(12-15-4-3-5-17(25-15)18-24-10-11-30-18)19(28)26-14-6-8-16(9-7-14)29-20(21,22)23/h3-11,13H,12H2,1-2H3,(H,26,28). The first-order chi connectivity index (χ1) is 14.2. The molecule has 6 nitrogen and oxygen atoms in total. The number of nitrogens with one attached hydrogen (secondary N) is 1. The topological polar surface area (TPSA) is 67.4 Å². The number of carbonyl (C=O) groups excluding carboxylic acids is 1. The highest BCUT2D eigenvalue weighted by molar-refractivity contribution is 7.13. The van der Waals surface area contributed by atoms with E-state index in [1.165, 1.54) is 23.5 Å². The molecule has 0 aliphatic heterocycles.